The highest BCUT2D eigenvalue weighted by Gasteiger charge is 2.63. The molecular formula is C56H44N2S. The predicted molar refractivity (Wildman–Crippen MR) is 250 cm³/mol. The zero-order valence-corrected chi connectivity index (χ0v) is 33.7. The van der Waals surface area contributed by atoms with E-state index in [-0.39, 0.29) is 0 Å². The van der Waals surface area contributed by atoms with Crippen molar-refractivity contribution in [3.8, 4) is 22.3 Å². The van der Waals surface area contributed by atoms with Crippen LogP contribution in [0.1, 0.15) is 31.2 Å². The zero-order valence-electron chi connectivity index (χ0n) is 32.9. The van der Waals surface area contributed by atoms with Gasteiger partial charge in [0, 0.05) is 54.3 Å². The van der Waals surface area contributed by atoms with E-state index in [2.05, 4.69) is 210 Å². The summed E-state index contributed by atoms with van der Waals surface area (Å²) in [5.74, 6) is 2.93. The molecule has 9 aromatic rings. The Morgan fingerprint density at radius 2 is 0.780 bits per heavy atom. The second kappa shape index (κ2) is 13.9. The first-order valence-corrected chi connectivity index (χ1v) is 22.0. The highest BCUT2D eigenvalue weighted by molar-refractivity contribution is 7.25. The van der Waals surface area contributed by atoms with E-state index in [9.17, 15) is 0 Å². The Morgan fingerprint density at radius 1 is 0.373 bits per heavy atom. The quantitative estimate of drug-likeness (QED) is 0.144. The van der Waals surface area contributed by atoms with Crippen LogP contribution in [0.15, 0.2) is 200 Å². The van der Waals surface area contributed by atoms with E-state index in [0.717, 1.165) is 51.9 Å². The summed E-state index contributed by atoms with van der Waals surface area (Å²) < 4.78 is 2.62. The summed E-state index contributed by atoms with van der Waals surface area (Å²) in [6, 6.07) is 73.7. The van der Waals surface area contributed by atoms with E-state index in [1.54, 1.807) is 5.56 Å². The SMILES string of the molecule is c1ccc(N(c2ccc(-c3ccc(N(c4ccccc4)c4ccc5c(c4)sc4ccccc45)cc3)cc2)c2ccc(-c3ccc(C45CC6CC4CC6C5)cc3)cc2)cc1. The van der Waals surface area contributed by atoms with Crippen LogP contribution in [0.25, 0.3) is 42.4 Å². The number of fused-ring (bicyclic) bond motifs is 3. The maximum absolute atomic E-state index is 2.45. The predicted octanol–water partition coefficient (Wildman–Crippen LogP) is 16.0. The molecule has 0 saturated heterocycles. The van der Waals surface area contributed by atoms with Crippen LogP contribution in [0.3, 0.4) is 0 Å². The minimum Gasteiger partial charge on any atom is -0.311 e. The molecule has 8 aromatic carbocycles. The van der Waals surface area contributed by atoms with Crippen LogP contribution >= 0.6 is 11.3 Å². The van der Waals surface area contributed by atoms with Gasteiger partial charge in [0.05, 0.1) is 0 Å². The van der Waals surface area contributed by atoms with E-state index in [1.165, 1.54) is 68.1 Å². The number of nitrogens with zero attached hydrogens (tertiary/aromatic N) is 2. The molecule has 4 aliphatic carbocycles. The van der Waals surface area contributed by atoms with Gasteiger partial charge in [0.25, 0.3) is 0 Å². The molecule has 0 N–H and O–H groups in total. The van der Waals surface area contributed by atoms with Crippen LogP contribution in [0, 0.1) is 17.8 Å². The summed E-state index contributed by atoms with van der Waals surface area (Å²) >= 11 is 1.86. The van der Waals surface area contributed by atoms with Gasteiger partial charge < -0.3 is 9.80 Å². The molecule has 13 rings (SSSR count). The van der Waals surface area contributed by atoms with Crippen molar-refractivity contribution >= 4 is 65.6 Å². The number of rotatable bonds is 9. The van der Waals surface area contributed by atoms with Crippen molar-refractivity contribution in [1.29, 1.82) is 0 Å². The Bertz CT molecular complexity index is 2920. The van der Waals surface area contributed by atoms with Crippen molar-refractivity contribution in [2.75, 3.05) is 9.80 Å². The smallest absolute Gasteiger partial charge is 0.0476 e. The van der Waals surface area contributed by atoms with Gasteiger partial charge >= 0.3 is 0 Å². The van der Waals surface area contributed by atoms with Crippen molar-refractivity contribution in [2.45, 2.75) is 31.1 Å². The first kappa shape index (κ1) is 34.6. The summed E-state index contributed by atoms with van der Waals surface area (Å²) in [6.45, 7) is 0. The fraction of sp³-hybridized carbons (Fsp3) is 0.143. The third-order valence-electron chi connectivity index (χ3n) is 14.0. The van der Waals surface area contributed by atoms with E-state index in [4.69, 9.17) is 0 Å². The van der Waals surface area contributed by atoms with Crippen LogP contribution in [0.4, 0.5) is 34.1 Å². The normalized spacial score (nSPS) is 20.2. The van der Waals surface area contributed by atoms with Crippen molar-refractivity contribution in [2.24, 2.45) is 17.8 Å². The first-order valence-electron chi connectivity index (χ1n) is 21.2. The molecule has 1 heterocycles. The van der Waals surface area contributed by atoms with Crippen LogP contribution in [0.2, 0.25) is 0 Å². The van der Waals surface area contributed by atoms with E-state index in [1.807, 2.05) is 11.3 Å². The molecule has 4 aliphatic rings. The maximum atomic E-state index is 2.45. The van der Waals surface area contributed by atoms with Gasteiger partial charge in [-0.15, -0.1) is 11.3 Å². The minimum absolute atomic E-state index is 0.479. The molecule has 0 amide bonds. The highest BCUT2D eigenvalue weighted by atomic mass is 32.1. The van der Waals surface area contributed by atoms with Crippen molar-refractivity contribution in [1.82, 2.24) is 0 Å². The lowest BCUT2D eigenvalue weighted by atomic mass is 9.74. The van der Waals surface area contributed by atoms with Gasteiger partial charge in [-0.2, -0.15) is 0 Å². The molecule has 1 aromatic heterocycles. The largest absolute Gasteiger partial charge is 0.311 e. The molecule has 2 unspecified atom stereocenters. The summed E-state index contributed by atoms with van der Waals surface area (Å²) in [4.78, 5) is 4.71. The lowest BCUT2D eigenvalue weighted by Crippen LogP contribution is -2.24. The van der Waals surface area contributed by atoms with Gasteiger partial charge in [-0.1, -0.05) is 121 Å². The van der Waals surface area contributed by atoms with Crippen molar-refractivity contribution < 1.29 is 0 Å². The number of para-hydroxylation sites is 2. The third kappa shape index (κ3) is 5.82. The highest BCUT2D eigenvalue weighted by Crippen LogP contribution is 2.70. The van der Waals surface area contributed by atoms with Gasteiger partial charge in [0.2, 0.25) is 0 Å². The van der Waals surface area contributed by atoms with Gasteiger partial charge in [-0.25, -0.2) is 0 Å². The van der Waals surface area contributed by atoms with Crippen LogP contribution in [-0.2, 0) is 5.41 Å². The molecular weight excluding hydrogens is 733 g/mol. The average molecular weight is 777 g/mol. The third-order valence-corrected chi connectivity index (χ3v) is 15.2. The Kier molecular flexibility index (Phi) is 8.13. The molecule has 2 atom stereocenters. The Hall–Kier alpha value is -6.42. The standard InChI is InChI=1S/C56H44N2S/c1-3-9-46(10-4-1)57(48-25-17-39(18-26-48)38-15-23-44(24-16-38)56-36-42-33-45(56)34-43(42)37-56)49-27-19-40(20-28-49)41-21-29-50(30-22-41)58(47-11-5-2-6-12-47)51-31-32-53-52-13-7-8-14-54(52)59-55(53)35-51/h1-32,35,42-43,45H,33-34,36-37H2. The lowest BCUT2D eigenvalue weighted by Gasteiger charge is -2.29. The summed E-state index contributed by atoms with van der Waals surface area (Å²) in [6.07, 6.45) is 5.81. The molecule has 0 spiro atoms. The summed E-state index contributed by atoms with van der Waals surface area (Å²) in [7, 11) is 0. The van der Waals surface area contributed by atoms with Crippen LogP contribution in [-0.4, -0.2) is 0 Å². The molecule has 4 saturated carbocycles. The first-order chi connectivity index (χ1) is 29.2. The second-order valence-corrected chi connectivity index (χ2v) is 18.2. The van der Waals surface area contributed by atoms with E-state index in [0.29, 0.717) is 5.41 Å². The Morgan fingerprint density at radius 3 is 1.27 bits per heavy atom. The second-order valence-electron chi connectivity index (χ2n) is 17.1. The topological polar surface area (TPSA) is 6.48 Å². The summed E-state index contributed by atoms with van der Waals surface area (Å²) in [5.41, 5.74) is 13.8. The minimum atomic E-state index is 0.479. The van der Waals surface area contributed by atoms with E-state index >= 15 is 0 Å². The van der Waals surface area contributed by atoms with Crippen LogP contribution in [0.5, 0.6) is 0 Å². The van der Waals surface area contributed by atoms with Gasteiger partial charge in [-0.05, 0) is 156 Å². The molecule has 4 fully saturated rings. The van der Waals surface area contributed by atoms with Crippen molar-refractivity contribution in [3.63, 3.8) is 0 Å². The fourth-order valence-electron chi connectivity index (χ4n) is 11.3. The molecule has 0 radical (unpaired) electrons. The van der Waals surface area contributed by atoms with Gasteiger partial charge in [-0.3, -0.25) is 0 Å². The fourth-order valence-corrected chi connectivity index (χ4v) is 12.4. The monoisotopic (exact) mass is 776 g/mol. The average Bonchev–Trinajstić information content (AvgIpc) is 4.13. The molecule has 59 heavy (non-hydrogen) atoms. The number of anilines is 6. The van der Waals surface area contributed by atoms with Crippen molar-refractivity contribution in [3.05, 3.63) is 206 Å². The molecule has 0 aliphatic heterocycles. The van der Waals surface area contributed by atoms with Gasteiger partial charge in [0.1, 0.15) is 0 Å². The molecule has 4 bridgehead atoms. The number of thiophene rings is 1. The zero-order chi connectivity index (χ0) is 38.9. The van der Waals surface area contributed by atoms with Gasteiger partial charge in [0.15, 0.2) is 0 Å². The van der Waals surface area contributed by atoms with Crippen LogP contribution < -0.4 is 9.80 Å². The molecule has 3 heteroatoms. The maximum Gasteiger partial charge on any atom is 0.0476 e. The molecule has 284 valence electrons. The summed E-state index contributed by atoms with van der Waals surface area (Å²) in [5, 5.41) is 2.63. The molecule has 2 nitrogen and oxygen atoms in total. The lowest BCUT2D eigenvalue weighted by molar-refractivity contribution is 0.371. The number of benzene rings is 8. The van der Waals surface area contributed by atoms with E-state index < -0.39 is 0 Å². The Labute approximate surface area is 350 Å². The Balaban J connectivity index is 0.818. The number of hydrogen-bond donors (Lipinski definition) is 0. The number of hydrogen-bond acceptors (Lipinski definition) is 3.